The lowest BCUT2D eigenvalue weighted by atomic mass is 9.88. The van der Waals surface area contributed by atoms with Gasteiger partial charge in [0.25, 0.3) is 0 Å². The fourth-order valence-electron chi connectivity index (χ4n) is 2.34. The molecule has 0 amide bonds. The van der Waals surface area contributed by atoms with Gasteiger partial charge in [-0.2, -0.15) is 0 Å². The summed E-state index contributed by atoms with van der Waals surface area (Å²) in [5.41, 5.74) is 5.94. The molecule has 0 spiro atoms. The quantitative estimate of drug-likeness (QED) is 0.859. The number of carbonyl (C=O) groups is 1. The van der Waals surface area contributed by atoms with Gasteiger partial charge in [-0.15, -0.1) is 0 Å². The van der Waals surface area contributed by atoms with Crippen LogP contribution >= 0.6 is 0 Å². The van der Waals surface area contributed by atoms with Gasteiger partial charge >= 0.3 is 5.97 Å². The predicted molar refractivity (Wildman–Crippen MR) is 67.7 cm³/mol. The molecular weight excluding hydrogens is 232 g/mol. The highest BCUT2D eigenvalue weighted by Gasteiger charge is 2.25. The number of hydrogen-bond donors (Lipinski definition) is 2. The van der Waals surface area contributed by atoms with Gasteiger partial charge in [0.05, 0.1) is 5.56 Å². The molecule has 1 aromatic heterocycles. The average Bonchev–Trinajstić information content (AvgIpc) is 2.34. The third-order valence-corrected chi connectivity index (χ3v) is 3.48. The van der Waals surface area contributed by atoms with Gasteiger partial charge in [0, 0.05) is 6.20 Å². The summed E-state index contributed by atoms with van der Waals surface area (Å²) in [6.45, 7) is 2.14. The van der Waals surface area contributed by atoms with Crippen LogP contribution in [0.5, 0.6) is 5.88 Å². The van der Waals surface area contributed by atoms with E-state index in [9.17, 15) is 4.79 Å². The standard InChI is InChI=1S/C13H18N2O3/c1-8-4-2-3-5-10(8)18-12-11(14)9(13(16)17)6-7-15-12/h6-8,10H,2-5,14H2,1H3,(H,16,17). The minimum absolute atomic E-state index is 0.0449. The first-order chi connectivity index (χ1) is 8.59. The zero-order chi connectivity index (χ0) is 13.1. The molecule has 2 unspecified atom stereocenters. The lowest BCUT2D eigenvalue weighted by molar-refractivity contribution is 0.0695. The Morgan fingerprint density at radius 3 is 2.89 bits per heavy atom. The Balaban J connectivity index is 2.18. The van der Waals surface area contributed by atoms with E-state index in [0.717, 1.165) is 19.3 Å². The molecule has 0 radical (unpaired) electrons. The molecule has 1 aromatic rings. The Morgan fingerprint density at radius 1 is 1.50 bits per heavy atom. The van der Waals surface area contributed by atoms with Crippen molar-refractivity contribution in [3.63, 3.8) is 0 Å². The first-order valence-corrected chi connectivity index (χ1v) is 6.24. The highest BCUT2D eigenvalue weighted by Crippen LogP contribution is 2.30. The Morgan fingerprint density at radius 2 is 2.22 bits per heavy atom. The molecule has 0 aromatic carbocycles. The maximum atomic E-state index is 11.0. The molecule has 2 atom stereocenters. The molecule has 3 N–H and O–H groups in total. The van der Waals surface area contributed by atoms with Crippen LogP contribution in [-0.4, -0.2) is 22.2 Å². The van der Waals surface area contributed by atoms with Crippen LogP contribution in [0, 0.1) is 5.92 Å². The summed E-state index contributed by atoms with van der Waals surface area (Å²) in [5.74, 6) is -0.362. The molecule has 1 fully saturated rings. The summed E-state index contributed by atoms with van der Waals surface area (Å²) >= 11 is 0. The van der Waals surface area contributed by atoms with E-state index in [-0.39, 0.29) is 23.2 Å². The lowest BCUT2D eigenvalue weighted by Crippen LogP contribution is -2.29. The number of pyridine rings is 1. The largest absolute Gasteiger partial charge is 0.478 e. The zero-order valence-electron chi connectivity index (χ0n) is 10.4. The molecule has 0 saturated heterocycles. The summed E-state index contributed by atoms with van der Waals surface area (Å²) < 4.78 is 5.79. The van der Waals surface area contributed by atoms with Crippen molar-refractivity contribution in [1.29, 1.82) is 0 Å². The Kier molecular flexibility index (Phi) is 3.69. The Bertz CT molecular complexity index is 448. The Hall–Kier alpha value is -1.78. The van der Waals surface area contributed by atoms with Gasteiger partial charge < -0.3 is 15.6 Å². The maximum absolute atomic E-state index is 11.0. The highest BCUT2D eigenvalue weighted by atomic mass is 16.5. The van der Waals surface area contributed by atoms with Crippen LogP contribution in [0.25, 0.3) is 0 Å². The fraction of sp³-hybridized carbons (Fsp3) is 0.538. The smallest absolute Gasteiger partial charge is 0.338 e. The molecule has 1 saturated carbocycles. The second-order valence-electron chi connectivity index (χ2n) is 4.80. The first kappa shape index (κ1) is 12.7. The zero-order valence-corrected chi connectivity index (χ0v) is 10.4. The summed E-state index contributed by atoms with van der Waals surface area (Å²) in [6, 6.07) is 1.38. The van der Waals surface area contributed by atoms with Crippen LogP contribution in [0.4, 0.5) is 5.69 Å². The molecule has 0 bridgehead atoms. The maximum Gasteiger partial charge on any atom is 0.338 e. The fourth-order valence-corrected chi connectivity index (χ4v) is 2.34. The molecule has 5 heteroatoms. The molecule has 5 nitrogen and oxygen atoms in total. The van der Waals surface area contributed by atoms with Crippen molar-refractivity contribution in [1.82, 2.24) is 4.98 Å². The number of carboxylic acids is 1. The van der Waals surface area contributed by atoms with E-state index in [4.69, 9.17) is 15.6 Å². The topological polar surface area (TPSA) is 85.4 Å². The summed E-state index contributed by atoms with van der Waals surface area (Å²) in [5, 5.41) is 8.98. The predicted octanol–water partition coefficient (Wildman–Crippen LogP) is 2.32. The van der Waals surface area contributed by atoms with E-state index in [1.807, 2.05) is 0 Å². The van der Waals surface area contributed by atoms with Gasteiger partial charge in [0.1, 0.15) is 11.8 Å². The highest BCUT2D eigenvalue weighted by molar-refractivity contribution is 5.94. The van der Waals surface area contributed by atoms with Crippen molar-refractivity contribution in [2.24, 2.45) is 5.92 Å². The van der Waals surface area contributed by atoms with E-state index in [0.29, 0.717) is 5.92 Å². The van der Waals surface area contributed by atoms with Gasteiger partial charge in [0.2, 0.25) is 5.88 Å². The van der Waals surface area contributed by atoms with Crippen LogP contribution < -0.4 is 10.5 Å². The average molecular weight is 250 g/mol. The lowest BCUT2D eigenvalue weighted by Gasteiger charge is -2.29. The van der Waals surface area contributed by atoms with Crippen LogP contribution in [0.15, 0.2) is 12.3 Å². The second-order valence-corrected chi connectivity index (χ2v) is 4.80. The van der Waals surface area contributed by atoms with Crippen LogP contribution in [0.3, 0.4) is 0 Å². The van der Waals surface area contributed by atoms with Crippen molar-refractivity contribution in [3.05, 3.63) is 17.8 Å². The van der Waals surface area contributed by atoms with E-state index in [2.05, 4.69) is 11.9 Å². The van der Waals surface area contributed by atoms with Gasteiger partial charge in [-0.05, 0) is 31.2 Å². The number of carboxylic acid groups (broad SMARTS) is 1. The minimum Gasteiger partial charge on any atom is -0.478 e. The second kappa shape index (κ2) is 5.25. The van der Waals surface area contributed by atoms with Crippen molar-refractivity contribution < 1.29 is 14.6 Å². The van der Waals surface area contributed by atoms with Crippen molar-refractivity contribution >= 4 is 11.7 Å². The molecule has 98 valence electrons. The SMILES string of the molecule is CC1CCCCC1Oc1nccc(C(=O)O)c1N. The van der Waals surface area contributed by atoms with Gasteiger partial charge in [-0.25, -0.2) is 9.78 Å². The third kappa shape index (κ3) is 2.55. The number of rotatable bonds is 3. The molecule has 2 rings (SSSR count). The van der Waals surface area contributed by atoms with Gasteiger partial charge in [-0.3, -0.25) is 0 Å². The normalized spacial score (nSPS) is 23.6. The summed E-state index contributed by atoms with van der Waals surface area (Å²) in [4.78, 5) is 15.0. The number of nitrogens with zero attached hydrogens (tertiary/aromatic N) is 1. The molecular formula is C13H18N2O3. The van der Waals surface area contributed by atoms with Crippen molar-refractivity contribution in [3.8, 4) is 5.88 Å². The number of anilines is 1. The monoisotopic (exact) mass is 250 g/mol. The molecule has 0 aliphatic heterocycles. The van der Waals surface area contributed by atoms with E-state index in [1.54, 1.807) is 0 Å². The van der Waals surface area contributed by atoms with Gasteiger partial charge in [-0.1, -0.05) is 13.3 Å². The number of nitrogens with two attached hydrogens (primary N) is 1. The summed E-state index contributed by atoms with van der Waals surface area (Å²) in [6.07, 6.45) is 5.95. The van der Waals surface area contributed by atoms with E-state index < -0.39 is 5.97 Å². The van der Waals surface area contributed by atoms with Gasteiger partial charge in [0.15, 0.2) is 0 Å². The third-order valence-electron chi connectivity index (χ3n) is 3.48. The summed E-state index contributed by atoms with van der Waals surface area (Å²) in [7, 11) is 0. The Labute approximate surface area is 106 Å². The number of hydrogen-bond acceptors (Lipinski definition) is 4. The number of ether oxygens (including phenoxy) is 1. The molecule has 1 aliphatic carbocycles. The molecule has 1 heterocycles. The van der Waals surface area contributed by atoms with E-state index >= 15 is 0 Å². The number of nitrogen functional groups attached to an aromatic ring is 1. The minimum atomic E-state index is -1.06. The molecule has 1 aliphatic rings. The molecule has 18 heavy (non-hydrogen) atoms. The van der Waals surface area contributed by atoms with Crippen LogP contribution in [-0.2, 0) is 0 Å². The number of aromatic nitrogens is 1. The number of aromatic carboxylic acids is 1. The van der Waals surface area contributed by atoms with Crippen molar-refractivity contribution in [2.45, 2.75) is 38.7 Å². The van der Waals surface area contributed by atoms with E-state index in [1.165, 1.54) is 18.7 Å². The van der Waals surface area contributed by atoms with Crippen molar-refractivity contribution in [2.75, 3.05) is 5.73 Å². The first-order valence-electron chi connectivity index (χ1n) is 6.24. The van der Waals surface area contributed by atoms with Crippen LogP contribution in [0.2, 0.25) is 0 Å². The van der Waals surface area contributed by atoms with Crippen LogP contribution in [0.1, 0.15) is 43.0 Å².